The molecule has 0 saturated carbocycles. The van der Waals surface area contributed by atoms with Crippen molar-refractivity contribution < 1.29 is 4.74 Å². The minimum atomic E-state index is 0.183. The van der Waals surface area contributed by atoms with Crippen molar-refractivity contribution >= 4 is 33.5 Å². The molecule has 1 aromatic heterocycles. The third-order valence-electron chi connectivity index (χ3n) is 2.66. The molecule has 2 aromatic rings. The summed E-state index contributed by atoms with van der Waals surface area (Å²) >= 11 is 3.46. The van der Waals surface area contributed by atoms with Crippen LogP contribution in [0.25, 0.3) is 0 Å². The van der Waals surface area contributed by atoms with Gasteiger partial charge in [0.1, 0.15) is 0 Å². The topological polar surface area (TPSA) is 98.0 Å². The first-order valence-electron chi connectivity index (χ1n) is 5.84. The summed E-state index contributed by atoms with van der Waals surface area (Å²) in [5.41, 5.74) is 5.45. The predicted molar refractivity (Wildman–Crippen MR) is 81.1 cm³/mol. The minimum Gasteiger partial charge on any atom is -0.467 e. The van der Waals surface area contributed by atoms with Gasteiger partial charge < -0.3 is 10.1 Å². The molecule has 0 atom stereocenters. The van der Waals surface area contributed by atoms with E-state index in [0.29, 0.717) is 5.95 Å². The molecule has 7 nitrogen and oxygen atoms in total. The number of aryl methyl sites for hydroxylation is 2. The zero-order valence-electron chi connectivity index (χ0n) is 11.4. The maximum absolute atomic E-state index is 5.32. The van der Waals surface area contributed by atoms with Crippen molar-refractivity contribution in [1.82, 2.24) is 15.0 Å². The van der Waals surface area contributed by atoms with E-state index in [9.17, 15) is 0 Å². The summed E-state index contributed by atoms with van der Waals surface area (Å²) in [6, 6.07) is 4.20. The average molecular weight is 339 g/mol. The Kier molecular flexibility index (Phi) is 4.35. The first-order chi connectivity index (χ1) is 9.53. The Bertz CT molecular complexity index is 588. The van der Waals surface area contributed by atoms with Gasteiger partial charge in [0, 0.05) is 10.2 Å². The standard InChI is InChI=1S/C12H15BrN6O/c1-6-4-8(13)5-7(2)9(6)15-10-16-11(19-14)18-12(17-10)20-3/h4-5H,14H2,1-3H3,(H2,15,16,17,18,19). The molecule has 106 valence electrons. The number of hydrazine groups is 1. The lowest BCUT2D eigenvalue weighted by Gasteiger charge is -2.13. The molecule has 0 aliphatic rings. The number of hydrogen-bond donors (Lipinski definition) is 3. The van der Waals surface area contributed by atoms with Crippen molar-refractivity contribution in [1.29, 1.82) is 0 Å². The van der Waals surface area contributed by atoms with Crippen LogP contribution in [0.1, 0.15) is 11.1 Å². The molecule has 0 unspecified atom stereocenters. The van der Waals surface area contributed by atoms with E-state index in [0.717, 1.165) is 21.3 Å². The van der Waals surface area contributed by atoms with Gasteiger partial charge in [-0.25, -0.2) is 5.84 Å². The van der Waals surface area contributed by atoms with E-state index in [1.807, 2.05) is 26.0 Å². The fraction of sp³-hybridized carbons (Fsp3) is 0.250. The summed E-state index contributed by atoms with van der Waals surface area (Å²) in [6.45, 7) is 4.00. The molecule has 4 N–H and O–H groups in total. The van der Waals surface area contributed by atoms with Gasteiger partial charge in [0.05, 0.1) is 7.11 Å². The first kappa shape index (κ1) is 14.5. The second-order valence-electron chi connectivity index (χ2n) is 4.15. The van der Waals surface area contributed by atoms with Gasteiger partial charge in [0.25, 0.3) is 0 Å². The van der Waals surface area contributed by atoms with E-state index < -0.39 is 0 Å². The summed E-state index contributed by atoms with van der Waals surface area (Å²) in [7, 11) is 1.48. The Labute approximate surface area is 125 Å². The van der Waals surface area contributed by atoms with Crippen LogP contribution in [0.2, 0.25) is 0 Å². The predicted octanol–water partition coefficient (Wildman–Crippen LogP) is 2.29. The van der Waals surface area contributed by atoms with Crippen LogP contribution >= 0.6 is 15.9 Å². The lowest BCUT2D eigenvalue weighted by molar-refractivity contribution is 0.379. The number of anilines is 3. The van der Waals surface area contributed by atoms with Crippen LogP contribution in [-0.2, 0) is 0 Å². The molecule has 0 bridgehead atoms. The fourth-order valence-corrected chi connectivity index (χ4v) is 2.47. The number of methoxy groups -OCH3 is 1. The fourth-order valence-electron chi connectivity index (χ4n) is 1.79. The quantitative estimate of drug-likeness (QED) is 0.581. The maximum Gasteiger partial charge on any atom is 0.322 e. The normalized spacial score (nSPS) is 10.2. The van der Waals surface area contributed by atoms with E-state index in [-0.39, 0.29) is 12.0 Å². The zero-order chi connectivity index (χ0) is 14.7. The highest BCUT2D eigenvalue weighted by atomic mass is 79.9. The van der Waals surface area contributed by atoms with Gasteiger partial charge in [-0.2, -0.15) is 15.0 Å². The van der Waals surface area contributed by atoms with Crippen LogP contribution < -0.4 is 21.3 Å². The lowest BCUT2D eigenvalue weighted by Crippen LogP contribution is -2.13. The molecule has 0 spiro atoms. The average Bonchev–Trinajstić information content (AvgIpc) is 2.42. The van der Waals surface area contributed by atoms with Crippen LogP contribution in [0.15, 0.2) is 16.6 Å². The minimum absolute atomic E-state index is 0.183. The van der Waals surface area contributed by atoms with Crippen LogP contribution in [0.3, 0.4) is 0 Å². The zero-order valence-corrected chi connectivity index (χ0v) is 12.9. The van der Waals surface area contributed by atoms with E-state index >= 15 is 0 Å². The summed E-state index contributed by atoms with van der Waals surface area (Å²) in [5, 5.41) is 3.16. The number of rotatable bonds is 4. The van der Waals surface area contributed by atoms with Crippen molar-refractivity contribution in [2.24, 2.45) is 5.84 Å². The second-order valence-corrected chi connectivity index (χ2v) is 5.07. The van der Waals surface area contributed by atoms with Crippen molar-refractivity contribution in [2.45, 2.75) is 13.8 Å². The number of halogens is 1. The molecule has 0 amide bonds. The van der Waals surface area contributed by atoms with E-state index in [4.69, 9.17) is 10.6 Å². The molecule has 20 heavy (non-hydrogen) atoms. The van der Waals surface area contributed by atoms with Gasteiger partial charge in [-0.05, 0) is 37.1 Å². The lowest BCUT2D eigenvalue weighted by atomic mass is 10.1. The maximum atomic E-state index is 5.32. The van der Waals surface area contributed by atoms with Gasteiger partial charge >= 0.3 is 6.01 Å². The smallest absolute Gasteiger partial charge is 0.322 e. The number of nitrogens with two attached hydrogens (primary N) is 1. The molecule has 8 heteroatoms. The number of aromatic nitrogens is 3. The number of benzene rings is 1. The Hall–Kier alpha value is -1.93. The molecule has 2 rings (SSSR count). The van der Waals surface area contributed by atoms with Gasteiger partial charge in [-0.15, -0.1) is 0 Å². The van der Waals surface area contributed by atoms with E-state index in [2.05, 4.69) is 41.6 Å². The number of nitrogens with zero attached hydrogens (tertiary/aromatic N) is 3. The molecule has 0 aliphatic carbocycles. The van der Waals surface area contributed by atoms with Gasteiger partial charge in [-0.1, -0.05) is 15.9 Å². The number of hydrogen-bond acceptors (Lipinski definition) is 7. The molecule has 0 radical (unpaired) electrons. The molecule has 0 saturated heterocycles. The van der Waals surface area contributed by atoms with Gasteiger partial charge in [-0.3, -0.25) is 5.43 Å². The Morgan fingerprint density at radius 1 is 1.10 bits per heavy atom. The molecular weight excluding hydrogens is 324 g/mol. The van der Waals surface area contributed by atoms with Crippen LogP contribution in [0.4, 0.5) is 17.6 Å². The monoisotopic (exact) mass is 338 g/mol. The molecule has 1 aromatic carbocycles. The number of ether oxygens (including phenoxy) is 1. The molecule has 1 heterocycles. The third kappa shape index (κ3) is 3.14. The SMILES string of the molecule is COc1nc(NN)nc(Nc2c(C)cc(Br)cc2C)n1. The van der Waals surface area contributed by atoms with Gasteiger partial charge in [0.2, 0.25) is 11.9 Å². The molecular formula is C12H15BrN6O. The van der Waals surface area contributed by atoms with Crippen LogP contribution in [0, 0.1) is 13.8 Å². The Balaban J connectivity index is 2.39. The highest BCUT2D eigenvalue weighted by Crippen LogP contribution is 2.27. The highest BCUT2D eigenvalue weighted by molar-refractivity contribution is 9.10. The van der Waals surface area contributed by atoms with Crippen molar-refractivity contribution in [2.75, 3.05) is 17.9 Å². The Morgan fingerprint density at radius 3 is 2.25 bits per heavy atom. The second kappa shape index (κ2) is 6.02. The van der Waals surface area contributed by atoms with Crippen molar-refractivity contribution in [3.63, 3.8) is 0 Å². The summed E-state index contributed by atoms with van der Waals surface area (Å²) in [5.74, 6) is 5.91. The van der Waals surface area contributed by atoms with Crippen LogP contribution in [0.5, 0.6) is 6.01 Å². The van der Waals surface area contributed by atoms with Crippen molar-refractivity contribution in [3.05, 3.63) is 27.7 Å². The molecule has 0 aliphatic heterocycles. The summed E-state index contributed by atoms with van der Waals surface area (Å²) in [6.07, 6.45) is 0. The molecule has 0 fully saturated rings. The van der Waals surface area contributed by atoms with Gasteiger partial charge in [0.15, 0.2) is 0 Å². The largest absolute Gasteiger partial charge is 0.467 e. The first-order valence-corrected chi connectivity index (χ1v) is 6.63. The highest BCUT2D eigenvalue weighted by Gasteiger charge is 2.10. The number of nitrogens with one attached hydrogen (secondary N) is 2. The van der Waals surface area contributed by atoms with E-state index in [1.54, 1.807) is 0 Å². The van der Waals surface area contributed by atoms with Crippen LogP contribution in [-0.4, -0.2) is 22.1 Å². The summed E-state index contributed by atoms with van der Waals surface area (Å²) in [4.78, 5) is 12.2. The third-order valence-corrected chi connectivity index (χ3v) is 3.12. The van der Waals surface area contributed by atoms with Crippen molar-refractivity contribution in [3.8, 4) is 6.01 Å². The summed E-state index contributed by atoms with van der Waals surface area (Å²) < 4.78 is 6.03. The van der Waals surface area contributed by atoms with E-state index in [1.165, 1.54) is 7.11 Å². The number of nitrogen functional groups attached to an aromatic ring is 1. The Morgan fingerprint density at radius 2 is 1.70 bits per heavy atom.